The van der Waals surface area contributed by atoms with Gasteiger partial charge in [0.2, 0.25) is 0 Å². The molecule has 0 heterocycles. The van der Waals surface area contributed by atoms with Crippen LogP contribution in [0.5, 0.6) is 0 Å². The van der Waals surface area contributed by atoms with Gasteiger partial charge < -0.3 is 18.9 Å². The maximum absolute atomic E-state index is 12.7. The van der Waals surface area contributed by atoms with Crippen LogP contribution in [0.4, 0.5) is 0 Å². The summed E-state index contributed by atoms with van der Waals surface area (Å²) in [7, 11) is 1.66. The highest BCUT2D eigenvalue weighted by Crippen LogP contribution is 2.43. The molecule has 9 heteroatoms. The number of phosphoric ester groups is 1. The molecule has 0 rings (SSSR count). The number of unbranched alkanes of at least 4 members (excludes halogenated alkanes) is 23. The SMILES string of the molecule is CC/C=C\C/C=C\C/C=C\CCCCCCOCC(COP(=O)(O)OCC[N+](C)(C)C)OC(=O)CCCCCCCCCCCCCCCCCCCCCC. The zero-order valence-electron chi connectivity index (χ0n) is 37.4. The molecular weight excluding hydrogens is 721 g/mol. The first-order valence-electron chi connectivity index (χ1n) is 23.2. The first-order chi connectivity index (χ1) is 27.1. The average molecular weight is 813 g/mol. The van der Waals surface area contributed by atoms with Gasteiger partial charge >= 0.3 is 13.8 Å². The summed E-state index contributed by atoms with van der Waals surface area (Å²) in [5.74, 6) is -0.319. The predicted octanol–water partition coefficient (Wildman–Crippen LogP) is 13.8. The largest absolute Gasteiger partial charge is 0.472 e. The Morgan fingerprint density at radius 3 is 1.55 bits per heavy atom. The van der Waals surface area contributed by atoms with Gasteiger partial charge in [0.05, 0.1) is 34.4 Å². The topological polar surface area (TPSA) is 91.3 Å². The molecule has 0 aliphatic carbocycles. The van der Waals surface area contributed by atoms with E-state index >= 15 is 0 Å². The normalized spacial score (nSPS) is 14.0. The van der Waals surface area contributed by atoms with Crippen molar-refractivity contribution in [3.05, 3.63) is 36.5 Å². The van der Waals surface area contributed by atoms with E-state index in [-0.39, 0.29) is 25.8 Å². The second-order valence-electron chi connectivity index (χ2n) is 16.8. The highest BCUT2D eigenvalue weighted by atomic mass is 31.2. The van der Waals surface area contributed by atoms with Gasteiger partial charge in [-0.3, -0.25) is 13.8 Å². The highest BCUT2D eigenvalue weighted by molar-refractivity contribution is 7.47. The van der Waals surface area contributed by atoms with Crippen molar-refractivity contribution in [2.24, 2.45) is 0 Å². The van der Waals surface area contributed by atoms with E-state index in [0.717, 1.165) is 70.6 Å². The van der Waals surface area contributed by atoms with Crippen molar-refractivity contribution >= 4 is 13.8 Å². The zero-order chi connectivity index (χ0) is 41.3. The van der Waals surface area contributed by atoms with E-state index in [2.05, 4.69) is 50.3 Å². The van der Waals surface area contributed by atoms with Gasteiger partial charge in [-0.05, 0) is 44.9 Å². The molecule has 56 heavy (non-hydrogen) atoms. The van der Waals surface area contributed by atoms with Gasteiger partial charge in [0, 0.05) is 13.0 Å². The Kier molecular flexibility index (Phi) is 39.6. The highest BCUT2D eigenvalue weighted by Gasteiger charge is 2.26. The van der Waals surface area contributed by atoms with Crippen LogP contribution in [-0.2, 0) is 27.9 Å². The number of hydrogen-bond acceptors (Lipinski definition) is 6. The fourth-order valence-corrected chi connectivity index (χ4v) is 7.13. The number of esters is 1. The number of rotatable bonds is 43. The minimum Gasteiger partial charge on any atom is -0.457 e. The van der Waals surface area contributed by atoms with Gasteiger partial charge in [-0.15, -0.1) is 0 Å². The molecule has 0 saturated carbocycles. The third kappa shape index (κ3) is 43.8. The summed E-state index contributed by atoms with van der Waals surface area (Å²) in [5.41, 5.74) is 0. The van der Waals surface area contributed by atoms with Gasteiger partial charge in [0.25, 0.3) is 0 Å². The summed E-state index contributed by atoms with van der Waals surface area (Å²) in [6.07, 6.45) is 47.6. The molecule has 0 aromatic heterocycles. The van der Waals surface area contributed by atoms with Gasteiger partial charge in [-0.25, -0.2) is 4.57 Å². The number of carbonyl (C=O) groups is 1. The lowest BCUT2D eigenvalue weighted by molar-refractivity contribution is -0.870. The lowest BCUT2D eigenvalue weighted by atomic mass is 10.0. The summed E-state index contributed by atoms with van der Waals surface area (Å²) in [5, 5.41) is 0. The number of carbonyl (C=O) groups excluding carboxylic acids is 1. The molecule has 2 unspecified atom stereocenters. The van der Waals surface area contributed by atoms with Crippen molar-refractivity contribution in [3.63, 3.8) is 0 Å². The van der Waals surface area contributed by atoms with E-state index in [4.69, 9.17) is 18.5 Å². The lowest BCUT2D eigenvalue weighted by Crippen LogP contribution is -2.37. The van der Waals surface area contributed by atoms with E-state index in [1.54, 1.807) is 0 Å². The van der Waals surface area contributed by atoms with Crippen molar-refractivity contribution in [2.45, 2.75) is 206 Å². The Balaban J connectivity index is 4.17. The first kappa shape index (κ1) is 54.7. The van der Waals surface area contributed by atoms with Gasteiger partial charge in [0.1, 0.15) is 19.3 Å². The number of likely N-dealkylation sites (N-methyl/N-ethyl adjacent to an activating group) is 1. The number of ether oxygens (including phenoxy) is 2. The molecule has 1 N–H and O–H groups in total. The minimum atomic E-state index is -4.28. The zero-order valence-corrected chi connectivity index (χ0v) is 38.3. The van der Waals surface area contributed by atoms with E-state index in [1.807, 2.05) is 21.1 Å². The van der Waals surface area contributed by atoms with Crippen molar-refractivity contribution in [3.8, 4) is 0 Å². The Bertz CT molecular complexity index is 994. The number of nitrogens with zero attached hydrogens (tertiary/aromatic N) is 1. The summed E-state index contributed by atoms with van der Waals surface area (Å²) in [6.45, 7) is 5.48. The molecule has 0 saturated heterocycles. The molecule has 0 aliphatic rings. The Morgan fingerprint density at radius 1 is 0.571 bits per heavy atom. The van der Waals surface area contributed by atoms with E-state index in [9.17, 15) is 14.3 Å². The van der Waals surface area contributed by atoms with Crippen LogP contribution in [0, 0.1) is 0 Å². The molecule has 330 valence electrons. The van der Waals surface area contributed by atoms with E-state index in [1.165, 1.54) is 109 Å². The molecule has 0 aromatic carbocycles. The molecular formula is C47H91NO7P+. The maximum Gasteiger partial charge on any atom is 0.472 e. The molecule has 0 aromatic rings. The van der Waals surface area contributed by atoms with E-state index < -0.39 is 13.9 Å². The van der Waals surface area contributed by atoms with Crippen LogP contribution in [0.3, 0.4) is 0 Å². The summed E-state index contributed by atoms with van der Waals surface area (Å²) >= 11 is 0. The molecule has 0 amide bonds. The van der Waals surface area contributed by atoms with Crippen molar-refractivity contribution in [2.75, 3.05) is 54.1 Å². The first-order valence-corrected chi connectivity index (χ1v) is 24.7. The Hall–Kier alpha value is -1.28. The fourth-order valence-electron chi connectivity index (χ4n) is 6.39. The summed E-state index contributed by atoms with van der Waals surface area (Å²) < 4.78 is 35.0. The van der Waals surface area contributed by atoms with Crippen LogP contribution in [0.15, 0.2) is 36.5 Å². The van der Waals surface area contributed by atoms with Crippen molar-refractivity contribution < 1.29 is 37.3 Å². The van der Waals surface area contributed by atoms with Crippen LogP contribution in [0.2, 0.25) is 0 Å². The molecule has 0 bridgehead atoms. The van der Waals surface area contributed by atoms with Crippen LogP contribution < -0.4 is 0 Å². The predicted molar refractivity (Wildman–Crippen MR) is 238 cm³/mol. The second kappa shape index (κ2) is 40.5. The van der Waals surface area contributed by atoms with Gasteiger partial charge in [-0.1, -0.05) is 185 Å². The molecule has 0 fully saturated rings. The molecule has 0 spiro atoms. The van der Waals surface area contributed by atoms with Crippen molar-refractivity contribution in [1.29, 1.82) is 0 Å². The Labute approximate surface area is 346 Å². The molecule has 0 radical (unpaired) electrons. The molecule has 0 aliphatic heterocycles. The molecule has 2 atom stereocenters. The maximum atomic E-state index is 12.7. The third-order valence-corrected chi connectivity index (χ3v) is 11.0. The van der Waals surface area contributed by atoms with Crippen LogP contribution >= 0.6 is 7.82 Å². The number of quaternary nitrogens is 1. The summed E-state index contributed by atoms with van der Waals surface area (Å²) in [6, 6.07) is 0. The minimum absolute atomic E-state index is 0.0848. The average Bonchev–Trinajstić information content (AvgIpc) is 3.15. The number of phosphoric acid groups is 1. The molecule has 8 nitrogen and oxygen atoms in total. The monoisotopic (exact) mass is 813 g/mol. The van der Waals surface area contributed by atoms with Crippen LogP contribution in [-0.4, -0.2) is 75.6 Å². The quantitative estimate of drug-likeness (QED) is 0.0215. The number of hydrogen-bond donors (Lipinski definition) is 1. The third-order valence-electron chi connectivity index (χ3n) is 9.97. The van der Waals surface area contributed by atoms with Crippen LogP contribution in [0.1, 0.15) is 200 Å². The second-order valence-corrected chi connectivity index (χ2v) is 18.2. The summed E-state index contributed by atoms with van der Waals surface area (Å²) in [4.78, 5) is 22.9. The van der Waals surface area contributed by atoms with Gasteiger partial charge in [-0.2, -0.15) is 0 Å². The van der Waals surface area contributed by atoms with Gasteiger partial charge in [0.15, 0.2) is 0 Å². The Morgan fingerprint density at radius 2 is 1.04 bits per heavy atom. The fraction of sp³-hybridized carbons (Fsp3) is 0.851. The van der Waals surface area contributed by atoms with Crippen molar-refractivity contribution in [1.82, 2.24) is 0 Å². The van der Waals surface area contributed by atoms with Crippen LogP contribution in [0.25, 0.3) is 0 Å². The standard InChI is InChI=1S/C47H90NO7P/c1-6-8-10-12-14-16-18-20-22-23-24-25-26-27-28-30-32-34-36-38-40-47(49)55-46(45-54-56(50,51)53-43-41-48(3,4)5)44-52-42-39-37-35-33-31-29-21-19-17-15-13-11-9-7-2/h9,11,15,17,21,29,46H,6-8,10,12-14,16,18-20,22-28,30-45H2,1-5H3/p+1/b11-9-,17-15-,29-21-. The smallest absolute Gasteiger partial charge is 0.457 e. The van der Waals surface area contributed by atoms with E-state index in [0.29, 0.717) is 24.1 Å². The number of allylic oxidation sites excluding steroid dienone is 6. The lowest BCUT2D eigenvalue weighted by Gasteiger charge is -2.24.